The maximum atomic E-state index is 12.4. The van der Waals surface area contributed by atoms with Crippen LogP contribution in [0.15, 0.2) is 30.3 Å². The highest BCUT2D eigenvalue weighted by atomic mass is 16.3. The molecule has 5 nitrogen and oxygen atoms in total. The van der Waals surface area contributed by atoms with Gasteiger partial charge in [-0.1, -0.05) is 25.3 Å². The number of hydrogen-bond donors (Lipinski definition) is 3. The summed E-state index contributed by atoms with van der Waals surface area (Å²) in [5.74, 6) is 0.830. The molecule has 0 unspecified atom stereocenters. The van der Waals surface area contributed by atoms with Crippen molar-refractivity contribution >= 4 is 22.6 Å². The maximum Gasteiger partial charge on any atom is 0.227 e. The fourth-order valence-electron chi connectivity index (χ4n) is 3.83. The third kappa shape index (κ3) is 3.42. The van der Waals surface area contributed by atoms with Crippen LogP contribution in [0.3, 0.4) is 0 Å². The third-order valence-electron chi connectivity index (χ3n) is 5.68. The molecule has 0 bridgehead atoms. The van der Waals surface area contributed by atoms with E-state index in [9.17, 15) is 9.90 Å². The molecule has 0 saturated heterocycles. The van der Waals surface area contributed by atoms with Crippen molar-refractivity contribution in [3.63, 3.8) is 0 Å². The second-order valence-corrected chi connectivity index (χ2v) is 7.55. The van der Waals surface area contributed by atoms with E-state index in [0.29, 0.717) is 11.5 Å². The Morgan fingerprint density at radius 3 is 2.67 bits per heavy atom. The van der Waals surface area contributed by atoms with Gasteiger partial charge in [-0.3, -0.25) is 4.79 Å². The summed E-state index contributed by atoms with van der Waals surface area (Å²) in [6, 6.07) is 9.36. The van der Waals surface area contributed by atoms with Gasteiger partial charge in [0.25, 0.3) is 0 Å². The molecule has 140 valence electrons. The van der Waals surface area contributed by atoms with Gasteiger partial charge < -0.3 is 15.4 Å². The summed E-state index contributed by atoms with van der Waals surface area (Å²) in [4.78, 5) is 20.4. The number of rotatable bonds is 3. The Morgan fingerprint density at radius 2 is 1.93 bits per heavy atom. The Bertz CT molecular complexity index is 1000. The summed E-state index contributed by atoms with van der Waals surface area (Å²) in [6.45, 7) is 4.13. The minimum Gasteiger partial charge on any atom is -0.506 e. The van der Waals surface area contributed by atoms with Gasteiger partial charge in [0.1, 0.15) is 11.6 Å². The SMILES string of the molecule is Cc1ccc2[nH]c(-c3ccc(NC(=O)C4CCCCC4)c(O)c3)nc2c1C. The first kappa shape index (κ1) is 17.6. The number of carbonyl (C=O) groups excluding carboxylic acids is 1. The van der Waals surface area contributed by atoms with Crippen molar-refractivity contribution in [1.29, 1.82) is 0 Å². The number of anilines is 1. The van der Waals surface area contributed by atoms with E-state index in [1.807, 2.05) is 12.1 Å². The Morgan fingerprint density at radius 1 is 1.15 bits per heavy atom. The number of nitrogens with zero attached hydrogens (tertiary/aromatic N) is 1. The number of benzene rings is 2. The zero-order chi connectivity index (χ0) is 19.0. The van der Waals surface area contributed by atoms with Crippen molar-refractivity contribution in [3.8, 4) is 17.1 Å². The molecule has 27 heavy (non-hydrogen) atoms. The Hall–Kier alpha value is -2.82. The normalized spacial score (nSPS) is 15.2. The smallest absolute Gasteiger partial charge is 0.227 e. The molecule has 0 radical (unpaired) electrons. The molecular weight excluding hydrogens is 338 g/mol. The highest BCUT2D eigenvalue weighted by Crippen LogP contribution is 2.32. The molecule has 1 heterocycles. The monoisotopic (exact) mass is 363 g/mol. The van der Waals surface area contributed by atoms with Crippen LogP contribution in [0.25, 0.3) is 22.4 Å². The standard InChI is InChI=1S/C22H25N3O2/c1-13-8-10-18-20(14(13)2)25-21(23-18)16-9-11-17(19(26)12-16)24-22(27)15-6-4-3-5-7-15/h8-12,15,26H,3-7H2,1-2H3,(H,23,25)(H,24,27). The van der Waals surface area contributed by atoms with Crippen molar-refractivity contribution in [2.75, 3.05) is 5.32 Å². The van der Waals surface area contributed by atoms with Crippen LogP contribution in [0, 0.1) is 19.8 Å². The molecular formula is C22H25N3O2. The highest BCUT2D eigenvalue weighted by Gasteiger charge is 2.22. The number of phenolic OH excluding ortho intramolecular Hbond substituents is 1. The molecule has 0 aliphatic heterocycles. The second-order valence-electron chi connectivity index (χ2n) is 7.55. The van der Waals surface area contributed by atoms with Crippen molar-refractivity contribution in [3.05, 3.63) is 41.5 Å². The van der Waals surface area contributed by atoms with Crippen LogP contribution < -0.4 is 5.32 Å². The topological polar surface area (TPSA) is 78.0 Å². The molecule has 1 aliphatic carbocycles. The molecule has 5 heteroatoms. The van der Waals surface area contributed by atoms with Gasteiger partial charge in [0.05, 0.1) is 16.7 Å². The highest BCUT2D eigenvalue weighted by molar-refractivity contribution is 5.94. The van der Waals surface area contributed by atoms with E-state index < -0.39 is 0 Å². The summed E-state index contributed by atoms with van der Waals surface area (Å²) in [5, 5.41) is 13.3. The van der Waals surface area contributed by atoms with Crippen LogP contribution in [0.5, 0.6) is 5.75 Å². The van der Waals surface area contributed by atoms with E-state index in [1.54, 1.807) is 12.1 Å². The predicted octanol–water partition coefficient (Wildman–Crippen LogP) is 5.07. The van der Waals surface area contributed by atoms with Crippen LogP contribution in [0.4, 0.5) is 5.69 Å². The van der Waals surface area contributed by atoms with Crippen LogP contribution >= 0.6 is 0 Å². The number of hydrogen-bond acceptors (Lipinski definition) is 3. The van der Waals surface area contributed by atoms with E-state index in [1.165, 1.54) is 12.0 Å². The Balaban J connectivity index is 1.58. The third-order valence-corrected chi connectivity index (χ3v) is 5.68. The summed E-state index contributed by atoms with van der Waals surface area (Å²) in [6.07, 6.45) is 5.28. The predicted molar refractivity (Wildman–Crippen MR) is 108 cm³/mol. The summed E-state index contributed by atoms with van der Waals surface area (Å²) < 4.78 is 0. The number of fused-ring (bicyclic) bond motifs is 1. The first-order valence-electron chi connectivity index (χ1n) is 9.63. The van der Waals surface area contributed by atoms with Gasteiger partial charge in [-0.05, 0) is 62.1 Å². The van der Waals surface area contributed by atoms with Crippen LogP contribution in [-0.4, -0.2) is 21.0 Å². The van der Waals surface area contributed by atoms with Crippen molar-refractivity contribution in [2.45, 2.75) is 46.0 Å². The molecule has 4 rings (SSSR count). The van der Waals surface area contributed by atoms with E-state index in [-0.39, 0.29) is 17.6 Å². The van der Waals surface area contributed by atoms with Crippen molar-refractivity contribution < 1.29 is 9.90 Å². The van der Waals surface area contributed by atoms with Gasteiger partial charge in [0, 0.05) is 11.5 Å². The number of H-pyrrole nitrogens is 1. The summed E-state index contributed by atoms with van der Waals surface area (Å²) >= 11 is 0. The number of nitrogens with one attached hydrogen (secondary N) is 2. The molecule has 1 amide bonds. The number of carbonyl (C=O) groups is 1. The lowest BCUT2D eigenvalue weighted by molar-refractivity contribution is -0.120. The van der Waals surface area contributed by atoms with Gasteiger partial charge in [0.15, 0.2) is 0 Å². The number of aromatic amines is 1. The number of amides is 1. The molecule has 1 aromatic heterocycles. The quantitative estimate of drug-likeness (QED) is 0.568. The number of aromatic nitrogens is 2. The minimum atomic E-state index is 0.00703. The lowest BCUT2D eigenvalue weighted by Crippen LogP contribution is -2.24. The number of aromatic hydroxyl groups is 1. The fourth-order valence-corrected chi connectivity index (χ4v) is 3.83. The zero-order valence-corrected chi connectivity index (χ0v) is 15.8. The lowest BCUT2D eigenvalue weighted by atomic mass is 9.88. The van der Waals surface area contributed by atoms with E-state index in [2.05, 4.69) is 30.2 Å². The Labute approximate surface area is 158 Å². The van der Waals surface area contributed by atoms with Gasteiger partial charge in [-0.15, -0.1) is 0 Å². The number of phenols is 1. The average Bonchev–Trinajstić information content (AvgIpc) is 3.12. The van der Waals surface area contributed by atoms with Gasteiger partial charge in [0.2, 0.25) is 5.91 Å². The first-order valence-corrected chi connectivity index (χ1v) is 9.63. The van der Waals surface area contributed by atoms with Crippen LogP contribution in [0.1, 0.15) is 43.2 Å². The number of aryl methyl sites for hydroxylation is 2. The fraction of sp³-hybridized carbons (Fsp3) is 0.364. The molecule has 3 aromatic rings. The van der Waals surface area contributed by atoms with Crippen LogP contribution in [0.2, 0.25) is 0 Å². The van der Waals surface area contributed by atoms with Crippen molar-refractivity contribution in [1.82, 2.24) is 9.97 Å². The molecule has 3 N–H and O–H groups in total. The van der Waals surface area contributed by atoms with Gasteiger partial charge >= 0.3 is 0 Å². The molecule has 0 spiro atoms. The van der Waals surface area contributed by atoms with Gasteiger partial charge in [-0.25, -0.2) is 4.98 Å². The van der Waals surface area contributed by atoms with E-state index in [0.717, 1.165) is 47.8 Å². The summed E-state index contributed by atoms with van der Waals surface area (Å²) in [7, 11) is 0. The van der Waals surface area contributed by atoms with Crippen LogP contribution in [-0.2, 0) is 4.79 Å². The maximum absolute atomic E-state index is 12.4. The molecule has 1 saturated carbocycles. The largest absolute Gasteiger partial charge is 0.506 e. The zero-order valence-electron chi connectivity index (χ0n) is 15.8. The van der Waals surface area contributed by atoms with E-state index >= 15 is 0 Å². The van der Waals surface area contributed by atoms with Gasteiger partial charge in [-0.2, -0.15) is 0 Å². The molecule has 2 aromatic carbocycles. The first-order chi connectivity index (χ1) is 13.0. The summed E-state index contributed by atoms with van der Waals surface area (Å²) in [5.41, 5.74) is 5.51. The average molecular weight is 363 g/mol. The van der Waals surface area contributed by atoms with Crippen molar-refractivity contribution in [2.24, 2.45) is 5.92 Å². The molecule has 1 aliphatic rings. The minimum absolute atomic E-state index is 0.00703. The van der Waals surface area contributed by atoms with E-state index in [4.69, 9.17) is 4.98 Å². The second kappa shape index (κ2) is 7.06. The Kier molecular flexibility index (Phi) is 4.60. The number of imidazole rings is 1. The molecule has 0 atom stereocenters. The lowest BCUT2D eigenvalue weighted by Gasteiger charge is -2.21. The molecule has 1 fully saturated rings.